The molecule has 19 heavy (non-hydrogen) atoms. The highest BCUT2D eigenvalue weighted by atomic mass is 16.1. The predicted molar refractivity (Wildman–Crippen MR) is 79.9 cm³/mol. The average molecular weight is 254 g/mol. The number of benzene rings is 2. The molecule has 0 unspecified atom stereocenters. The number of nitrogens with one attached hydrogen (secondary N) is 2. The fourth-order valence-electron chi connectivity index (χ4n) is 1.85. The molecule has 2 N–H and O–H groups in total. The summed E-state index contributed by atoms with van der Waals surface area (Å²) < 4.78 is 0. The Balaban J connectivity index is 2.18. The van der Waals surface area contributed by atoms with E-state index in [0.29, 0.717) is 5.56 Å². The molecule has 0 saturated carbocycles. The van der Waals surface area contributed by atoms with Crippen molar-refractivity contribution in [3.8, 4) is 0 Å². The molecule has 0 aliphatic carbocycles. The Bertz CT molecular complexity index is 588. The monoisotopic (exact) mass is 254 g/mol. The van der Waals surface area contributed by atoms with Crippen molar-refractivity contribution in [2.45, 2.75) is 13.8 Å². The summed E-state index contributed by atoms with van der Waals surface area (Å²) in [5, 5.41) is 5.97. The molecule has 2 rings (SSSR count). The van der Waals surface area contributed by atoms with Gasteiger partial charge in [-0.1, -0.05) is 12.1 Å². The zero-order chi connectivity index (χ0) is 13.8. The van der Waals surface area contributed by atoms with E-state index >= 15 is 0 Å². The van der Waals surface area contributed by atoms with E-state index in [2.05, 4.69) is 10.6 Å². The van der Waals surface area contributed by atoms with Crippen LogP contribution in [0.1, 0.15) is 21.5 Å². The van der Waals surface area contributed by atoms with Gasteiger partial charge >= 0.3 is 0 Å². The van der Waals surface area contributed by atoms with Gasteiger partial charge in [-0.05, 0) is 55.3 Å². The molecule has 0 aliphatic heterocycles. The molecule has 2 aromatic carbocycles. The van der Waals surface area contributed by atoms with Gasteiger partial charge in [0.2, 0.25) is 0 Å². The van der Waals surface area contributed by atoms with Gasteiger partial charge in [-0.2, -0.15) is 0 Å². The van der Waals surface area contributed by atoms with Gasteiger partial charge in [-0.3, -0.25) is 4.79 Å². The van der Waals surface area contributed by atoms with Crippen molar-refractivity contribution in [3.63, 3.8) is 0 Å². The van der Waals surface area contributed by atoms with Crippen molar-refractivity contribution in [1.82, 2.24) is 0 Å². The van der Waals surface area contributed by atoms with Crippen molar-refractivity contribution in [3.05, 3.63) is 59.2 Å². The Morgan fingerprint density at radius 3 is 2.32 bits per heavy atom. The third-order valence-electron chi connectivity index (χ3n) is 3.08. The number of carbonyl (C=O) groups is 1. The van der Waals surface area contributed by atoms with Gasteiger partial charge in [0.1, 0.15) is 0 Å². The molecule has 3 nitrogen and oxygen atoms in total. The summed E-state index contributed by atoms with van der Waals surface area (Å²) in [6.07, 6.45) is 0. The molecule has 3 heteroatoms. The highest BCUT2D eigenvalue weighted by molar-refractivity contribution is 6.04. The minimum absolute atomic E-state index is 0.0867. The zero-order valence-electron chi connectivity index (χ0n) is 11.4. The van der Waals surface area contributed by atoms with Crippen LogP contribution in [-0.4, -0.2) is 13.0 Å². The highest BCUT2D eigenvalue weighted by Gasteiger charge is 2.07. The molecule has 0 spiro atoms. The molecule has 0 bridgehead atoms. The van der Waals surface area contributed by atoms with Crippen LogP contribution in [0.4, 0.5) is 11.4 Å². The molecular formula is C16H18N2O. The number of amides is 1. The smallest absolute Gasteiger partial charge is 0.255 e. The normalized spacial score (nSPS) is 10.1. The average Bonchev–Trinajstić information content (AvgIpc) is 2.43. The molecule has 0 radical (unpaired) electrons. The quantitative estimate of drug-likeness (QED) is 0.878. The number of hydrogen-bond acceptors (Lipinski definition) is 2. The number of hydrogen-bond donors (Lipinski definition) is 2. The molecule has 0 aliphatic rings. The van der Waals surface area contributed by atoms with Crippen molar-refractivity contribution in [2.24, 2.45) is 0 Å². The first kappa shape index (κ1) is 13.1. The van der Waals surface area contributed by atoms with Gasteiger partial charge < -0.3 is 10.6 Å². The van der Waals surface area contributed by atoms with E-state index in [4.69, 9.17) is 0 Å². The van der Waals surface area contributed by atoms with E-state index in [0.717, 1.165) is 22.5 Å². The van der Waals surface area contributed by atoms with E-state index in [1.165, 1.54) is 0 Å². The minimum atomic E-state index is -0.0867. The van der Waals surface area contributed by atoms with Crippen LogP contribution >= 0.6 is 0 Å². The third-order valence-corrected chi connectivity index (χ3v) is 3.08. The Kier molecular flexibility index (Phi) is 3.85. The fourth-order valence-corrected chi connectivity index (χ4v) is 1.85. The third kappa shape index (κ3) is 3.13. The maximum absolute atomic E-state index is 12.1. The predicted octanol–water partition coefficient (Wildman–Crippen LogP) is 3.60. The van der Waals surface area contributed by atoms with Gasteiger partial charge in [0.15, 0.2) is 0 Å². The first-order valence-corrected chi connectivity index (χ1v) is 6.26. The fraction of sp³-hybridized carbons (Fsp3) is 0.188. The second kappa shape index (κ2) is 5.57. The lowest BCUT2D eigenvalue weighted by atomic mass is 10.1. The Hall–Kier alpha value is -2.29. The first-order chi connectivity index (χ1) is 9.10. The molecule has 98 valence electrons. The lowest BCUT2D eigenvalue weighted by Crippen LogP contribution is -2.12. The van der Waals surface area contributed by atoms with E-state index in [1.54, 1.807) is 0 Å². The number of rotatable bonds is 3. The van der Waals surface area contributed by atoms with Crippen LogP contribution in [0, 0.1) is 13.8 Å². The van der Waals surface area contributed by atoms with Crippen molar-refractivity contribution < 1.29 is 4.79 Å². The SMILES string of the molecule is CNc1ccc(C(=O)Nc2cc(C)ccc2C)cc1. The van der Waals surface area contributed by atoms with E-state index in [1.807, 2.05) is 63.4 Å². The standard InChI is InChI=1S/C16H18N2O/c1-11-4-5-12(2)15(10-11)18-16(19)13-6-8-14(17-3)9-7-13/h4-10,17H,1-3H3,(H,18,19). The van der Waals surface area contributed by atoms with Gasteiger partial charge in [0, 0.05) is 24.0 Å². The van der Waals surface area contributed by atoms with Gasteiger partial charge in [-0.15, -0.1) is 0 Å². The second-order valence-electron chi connectivity index (χ2n) is 4.60. The first-order valence-electron chi connectivity index (χ1n) is 6.26. The summed E-state index contributed by atoms with van der Waals surface area (Å²) >= 11 is 0. The molecule has 0 fully saturated rings. The number of aryl methyl sites for hydroxylation is 2. The summed E-state index contributed by atoms with van der Waals surface area (Å²) in [7, 11) is 1.85. The molecule has 0 atom stereocenters. The molecule has 2 aromatic rings. The lowest BCUT2D eigenvalue weighted by Gasteiger charge is -2.09. The van der Waals surface area contributed by atoms with E-state index < -0.39 is 0 Å². The summed E-state index contributed by atoms with van der Waals surface area (Å²) in [6, 6.07) is 13.4. The number of anilines is 2. The van der Waals surface area contributed by atoms with Crippen LogP contribution in [0.2, 0.25) is 0 Å². The summed E-state index contributed by atoms with van der Waals surface area (Å²) in [4.78, 5) is 12.1. The number of carbonyl (C=O) groups excluding carboxylic acids is 1. The van der Waals surface area contributed by atoms with Gasteiger partial charge in [0.05, 0.1) is 0 Å². The zero-order valence-corrected chi connectivity index (χ0v) is 11.4. The highest BCUT2D eigenvalue weighted by Crippen LogP contribution is 2.18. The lowest BCUT2D eigenvalue weighted by molar-refractivity contribution is 0.102. The van der Waals surface area contributed by atoms with Crippen molar-refractivity contribution >= 4 is 17.3 Å². The van der Waals surface area contributed by atoms with Crippen molar-refractivity contribution in [1.29, 1.82) is 0 Å². The molecule has 0 heterocycles. The molecule has 0 saturated heterocycles. The minimum Gasteiger partial charge on any atom is -0.388 e. The summed E-state index contributed by atoms with van der Waals surface area (Å²) in [5.41, 5.74) is 4.70. The van der Waals surface area contributed by atoms with Gasteiger partial charge in [0.25, 0.3) is 5.91 Å². The van der Waals surface area contributed by atoms with Crippen LogP contribution in [-0.2, 0) is 0 Å². The van der Waals surface area contributed by atoms with Crippen molar-refractivity contribution in [2.75, 3.05) is 17.7 Å². The van der Waals surface area contributed by atoms with Crippen LogP contribution in [0.3, 0.4) is 0 Å². The molecule has 1 amide bonds. The summed E-state index contributed by atoms with van der Waals surface area (Å²) in [5.74, 6) is -0.0867. The molecule has 0 aromatic heterocycles. The Morgan fingerprint density at radius 2 is 1.68 bits per heavy atom. The topological polar surface area (TPSA) is 41.1 Å². The van der Waals surface area contributed by atoms with Crippen LogP contribution < -0.4 is 10.6 Å². The maximum Gasteiger partial charge on any atom is 0.255 e. The second-order valence-corrected chi connectivity index (χ2v) is 4.60. The maximum atomic E-state index is 12.1. The Labute approximate surface area is 113 Å². The van der Waals surface area contributed by atoms with Gasteiger partial charge in [-0.25, -0.2) is 0 Å². The van der Waals surface area contributed by atoms with E-state index in [9.17, 15) is 4.79 Å². The van der Waals surface area contributed by atoms with E-state index in [-0.39, 0.29) is 5.91 Å². The van der Waals surface area contributed by atoms with Crippen LogP contribution in [0.5, 0.6) is 0 Å². The Morgan fingerprint density at radius 1 is 1.00 bits per heavy atom. The largest absolute Gasteiger partial charge is 0.388 e. The van der Waals surface area contributed by atoms with Crippen LogP contribution in [0.15, 0.2) is 42.5 Å². The molecular weight excluding hydrogens is 236 g/mol. The van der Waals surface area contributed by atoms with Crippen LogP contribution in [0.25, 0.3) is 0 Å². The summed E-state index contributed by atoms with van der Waals surface area (Å²) in [6.45, 7) is 4.00.